The normalized spacial score (nSPS) is 29.8. The Morgan fingerprint density at radius 2 is 0.831 bits per heavy atom. The lowest BCUT2D eigenvalue weighted by atomic mass is 9.96. The maximum atomic E-state index is 13.3. The second-order valence-corrected chi connectivity index (χ2v) is 22.8. The van der Waals surface area contributed by atoms with Crippen molar-refractivity contribution in [2.45, 2.75) is 311 Å². The lowest BCUT2D eigenvalue weighted by Gasteiger charge is -2.48. The lowest BCUT2D eigenvalue weighted by molar-refractivity contribution is -0.379. The Balaban J connectivity index is 1.48. The number of allylic oxidation sites excluding steroid dienone is 9. The molecule has 3 aliphatic rings. The van der Waals surface area contributed by atoms with E-state index in [1.165, 1.54) is 96.3 Å². The van der Waals surface area contributed by atoms with E-state index in [1.807, 2.05) is 6.08 Å². The maximum Gasteiger partial charge on any atom is 0.220 e. The van der Waals surface area contributed by atoms with Crippen molar-refractivity contribution in [3.05, 3.63) is 60.8 Å². The molecule has 0 saturated carbocycles. The average Bonchev–Trinajstić information content (AvgIpc) is 3.33. The van der Waals surface area contributed by atoms with Gasteiger partial charge in [-0.25, -0.2) is 0 Å². The number of hydrogen-bond acceptors (Lipinski definition) is 18. The van der Waals surface area contributed by atoms with Crippen LogP contribution in [-0.2, 0) is 33.2 Å². The highest BCUT2D eigenvalue weighted by molar-refractivity contribution is 5.76. The minimum Gasteiger partial charge on any atom is -0.394 e. The van der Waals surface area contributed by atoms with Gasteiger partial charge in [-0.15, -0.1) is 0 Å². The quantitative estimate of drug-likeness (QED) is 0.0220. The minimum absolute atomic E-state index is 0.213. The number of nitrogens with one attached hydrogen (secondary N) is 1. The van der Waals surface area contributed by atoms with Gasteiger partial charge in [0, 0.05) is 6.42 Å². The molecule has 482 valence electrons. The molecule has 19 heteroatoms. The molecule has 3 saturated heterocycles. The minimum atomic E-state index is -1.99. The average molecular weight is 1180 g/mol. The summed E-state index contributed by atoms with van der Waals surface area (Å²) >= 11 is 0. The summed E-state index contributed by atoms with van der Waals surface area (Å²) in [7, 11) is 0. The Hall–Kier alpha value is -2.51. The van der Waals surface area contributed by atoms with Crippen LogP contribution < -0.4 is 5.32 Å². The summed E-state index contributed by atoms with van der Waals surface area (Å²) in [5, 5.41) is 120. The van der Waals surface area contributed by atoms with Crippen molar-refractivity contribution in [1.29, 1.82) is 0 Å². The molecule has 83 heavy (non-hydrogen) atoms. The highest BCUT2D eigenvalue weighted by Crippen LogP contribution is 2.33. The molecule has 0 bridgehead atoms. The molecule has 3 heterocycles. The van der Waals surface area contributed by atoms with Crippen molar-refractivity contribution in [3.63, 3.8) is 0 Å². The molecule has 3 aliphatic heterocycles. The molecular formula is C64H113NO18. The van der Waals surface area contributed by atoms with Crippen LogP contribution in [0, 0.1) is 0 Å². The summed E-state index contributed by atoms with van der Waals surface area (Å²) in [6.07, 6.45) is 27.9. The van der Waals surface area contributed by atoms with Crippen LogP contribution in [0.25, 0.3) is 0 Å². The fraction of sp³-hybridized carbons (Fsp3) is 0.828. The van der Waals surface area contributed by atoms with Gasteiger partial charge in [-0.2, -0.15) is 0 Å². The van der Waals surface area contributed by atoms with Crippen LogP contribution in [0.3, 0.4) is 0 Å². The van der Waals surface area contributed by atoms with Crippen molar-refractivity contribution in [2.75, 3.05) is 26.4 Å². The van der Waals surface area contributed by atoms with Gasteiger partial charge in [-0.1, -0.05) is 190 Å². The van der Waals surface area contributed by atoms with Crippen LogP contribution in [0.1, 0.15) is 206 Å². The van der Waals surface area contributed by atoms with Gasteiger partial charge >= 0.3 is 0 Å². The van der Waals surface area contributed by atoms with Crippen LogP contribution in [-0.4, -0.2) is 193 Å². The van der Waals surface area contributed by atoms with E-state index in [0.717, 1.165) is 77.0 Å². The molecule has 17 atom stereocenters. The Kier molecular flexibility index (Phi) is 42.0. The molecule has 12 N–H and O–H groups in total. The number of carbonyl (C=O) groups is 1. The third-order valence-electron chi connectivity index (χ3n) is 15.7. The topological polar surface area (TPSA) is 307 Å². The SMILES string of the molecule is CCC/C=C\C/C=C\CCCCCCCC(=O)NC(COC1OC(CO)C(OC2OC(CO)C(OC3OC(CO)C(O)C(O)C3O)C(O)C2O)C(O)C1O)C(O)/C=C/CC/C=C/CC/C=C/CCCCCCCCCCCCCCCCC. The van der Waals surface area contributed by atoms with Crippen LogP contribution >= 0.6 is 0 Å². The first-order valence-electron chi connectivity index (χ1n) is 32.0. The summed E-state index contributed by atoms with van der Waals surface area (Å²) in [6.45, 7) is 1.61. The molecule has 0 spiro atoms. The molecule has 0 aromatic heterocycles. The molecule has 3 rings (SSSR count). The number of unbranched alkanes of at least 4 members (excludes halogenated alkanes) is 23. The van der Waals surface area contributed by atoms with Crippen molar-refractivity contribution in [2.24, 2.45) is 0 Å². The summed E-state index contributed by atoms with van der Waals surface area (Å²) in [4.78, 5) is 13.3. The molecule has 19 nitrogen and oxygen atoms in total. The van der Waals surface area contributed by atoms with Gasteiger partial charge < -0.3 is 89.9 Å². The standard InChI is InChI=1S/C64H113NO18/c1-3-5-7-9-11-13-15-17-18-19-20-21-22-23-24-25-26-27-28-30-31-33-35-37-39-41-48(69)47(65-52(70)42-40-38-36-34-32-29-16-14-12-10-8-6-4-2)46-78-62-58(76)55(73)60(50(44-67)80-62)83-64-59(77)56(74)61(51(45-68)81-64)82-63-57(75)54(72)53(71)49(43-66)79-63/h8,10,14,16,26-27,31,33,39,41,47-51,53-64,66-69,71-77H,3-7,9,11-13,15,17-25,28-30,32,34-38,40,42-46H2,1-2H3,(H,65,70)/b10-8-,16-14-,27-26+,33-31+,41-39+. The van der Waals surface area contributed by atoms with Crippen molar-refractivity contribution in [1.82, 2.24) is 5.32 Å². The summed E-state index contributed by atoms with van der Waals surface area (Å²) in [5.41, 5.74) is 0. The molecule has 0 radical (unpaired) electrons. The zero-order chi connectivity index (χ0) is 60.5. The van der Waals surface area contributed by atoms with E-state index in [-0.39, 0.29) is 18.9 Å². The molecule has 3 fully saturated rings. The van der Waals surface area contributed by atoms with Crippen molar-refractivity contribution >= 4 is 5.91 Å². The van der Waals surface area contributed by atoms with E-state index >= 15 is 0 Å². The lowest BCUT2D eigenvalue weighted by Crippen LogP contribution is -2.66. The Morgan fingerprint density at radius 1 is 0.434 bits per heavy atom. The third-order valence-corrected chi connectivity index (χ3v) is 15.7. The van der Waals surface area contributed by atoms with Crippen LogP contribution in [0.15, 0.2) is 60.8 Å². The second kappa shape index (κ2) is 46.6. The monoisotopic (exact) mass is 1180 g/mol. The first-order valence-corrected chi connectivity index (χ1v) is 32.0. The number of aliphatic hydroxyl groups is 11. The van der Waals surface area contributed by atoms with E-state index in [1.54, 1.807) is 6.08 Å². The first kappa shape index (κ1) is 74.7. The van der Waals surface area contributed by atoms with E-state index in [9.17, 15) is 61.0 Å². The molecule has 0 aromatic rings. The van der Waals surface area contributed by atoms with Crippen LogP contribution in [0.4, 0.5) is 0 Å². The van der Waals surface area contributed by atoms with Gasteiger partial charge in [-0.3, -0.25) is 4.79 Å². The van der Waals surface area contributed by atoms with Gasteiger partial charge in [0.05, 0.1) is 38.6 Å². The largest absolute Gasteiger partial charge is 0.394 e. The summed E-state index contributed by atoms with van der Waals surface area (Å²) in [6, 6.07) is -1.01. The fourth-order valence-corrected chi connectivity index (χ4v) is 10.5. The van der Waals surface area contributed by atoms with Crippen molar-refractivity contribution in [3.8, 4) is 0 Å². The highest BCUT2D eigenvalue weighted by atomic mass is 16.8. The number of amides is 1. The van der Waals surface area contributed by atoms with Gasteiger partial charge in [0.25, 0.3) is 0 Å². The van der Waals surface area contributed by atoms with E-state index in [2.05, 4.69) is 67.8 Å². The van der Waals surface area contributed by atoms with E-state index in [4.69, 9.17) is 28.4 Å². The predicted molar refractivity (Wildman–Crippen MR) is 318 cm³/mol. The summed E-state index contributed by atoms with van der Waals surface area (Å²) < 4.78 is 34.2. The highest BCUT2D eigenvalue weighted by Gasteiger charge is 2.53. The predicted octanol–water partition coefficient (Wildman–Crippen LogP) is 6.82. The Bertz CT molecular complexity index is 1750. The van der Waals surface area contributed by atoms with Crippen molar-refractivity contribution < 1.29 is 89.4 Å². The molecule has 0 aliphatic carbocycles. The number of aliphatic hydroxyl groups excluding tert-OH is 11. The Morgan fingerprint density at radius 3 is 1.33 bits per heavy atom. The molecule has 17 unspecified atom stereocenters. The first-order chi connectivity index (χ1) is 40.3. The van der Waals surface area contributed by atoms with Crippen LogP contribution in [0.5, 0.6) is 0 Å². The third kappa shape index (κ3) is 29.8. The van der Waals surface area contributed by atoms with Gasteiger partial charge in [0.15, 0.2) is 18.9 Å². The van der Waals surface area contributed by atoms with E-state index < -0.39 is 124 Å². The number of rotatable bonds is 47. The van der Waals surface area contributed by atoms with Gasteiger partial charge in [0.2, 0.25) is 5.91 Å². The number of carbonyl (C=O) groups excluding carboxylic acids is 1. The molecule has 1 amide bonds. The fourth-order valence-electron chi connectivity index (χ4n) is 10.5. The van der Waals surface area contributed by atoms with Gasteiger partial charge in [-0.05, 0) is 70.6 Å². The number of hydrogen-bond donors (Lipinski definition) is 12. The smallest absolute Gasteiger partial charge is 0.220 e. The zero-order valence-electron chi connectivity index (χ0n) is 50.4. The zero-order valence-corrected chi connectivity index (χ0v) is 50.4. The number of ether oxygens (including phenoxy) is 6. The van der Waals surface area contributed by atoms with E-state index in [0.29, 0.717) is 12.8 Å². The Labute approximate surface area is 496 Å². The summed E-state index contributed by atoms with van der Waals surface area (Å²) in [5.74, 6) is -0.306. The molecular weight excluding hydrogens is 1070 g/mol. The second-order valence-electron chi connectivity index (χ2n) is 22.8. The maximum absolute atomic E-state index is 13.3. The molecule has 0 aromatic carbocycles. The van der Waals surface area contributed by atoms with Crippen LogP contribution in [0.2, 0.25) is 0 Å². The van der Waals surface area contributed by atoms with Gasteiger partial charge in [0.1, 0.15) is 73.2 Å².